The highest BCUT2D eigenvalue weighted by molar-refractivity contribution is 5.63. The van der Waals surface area contributed by atoms with Crippen LogP contribution < -0.4 is 5.32 Å². The molecule has 0 aliphatic heterocycles. The Balaban J connectivity index is 1.95. The molecular weight excluding hydrogens is 262 g/mol. The number of hydrogen-bond acceptors (Lipinski definition) is 4. The second-order valence-electron chi connectivity index (χ2n) is 6.10. The molecule has 0 bridgehead atoms. The maximum atomic E-state index is 4.74. The lowest BCUT2D eigenvalue weighted by molar-refractivity contribution is 0.565. The van der Waals surface area contributed by atoms with E-state index < -0.39 is 0 Å². The van der Waals surface area contributed by atoms with Crippen LogP contribution in [0, 0.1) is 0 Å². The van der Waals surface area contributed by atoms with Crippen LogP contribution >= 0.6 is 0 Å². The summed E-state index contributed by atoms with van der Waals surface area (Å²) in [6.07, 6.45) is 9.40. The molecule has 5 heteroatoms. The van der Waals surface area contributed by atoms with Gasteiger partial charge in [-0.1, -0.05) is 26.8 Å². The Hall–Kier alpha value is -2.43. The predicted molar refractivity (Wildman–Crippen MR) is 83.3 cm³/mol. The van der Waals surface area contributed by atoms with E-state index in [-0.39, 0.29) is 5.41 Å². The molecule has 3 rings (SSSR count). The van der Waals surface area contributed by atoms with Gasteiger partial charge >= 0.3 is 0 Å². The molecule has 3 aromatic heterocycles. The standard InChI is InChI=1S/C16H19N5/c1-16(2,3)13-11-21-8-7-18-15(21)14(20-13)19-10-12-5-4-6-17-9-12/h4-9,11H,10H2,1-3H3,(H,19,20). The van der Waals surface area contributed by atoms with E-state index in [0.717, 1.165) is 22.7 Å². The van der Waals surface area contributed by atoms with Crippen molar-refractivity contribution in [2.24, 2.45) is 0 Å². The molecule has 0 fully saturated rings. The largest absolute Gasteiger partial charge is 0.363 e. The molecule has 1 N–H and O–H groups in total. The van der Waals surface area contributed by atoms with Gasteiger partial charge in [-0.2, -0.15) is 0 Å². The average molecular weight is 281 g/mol. The van der Waals surface area contributed by atoms with Gasteiger partial charge in [0.25, 0.3) is 0 Å². The molecule has 0 aromatic carbocycles. The monoisotopic (exact) mass is 281 g/mol. The van der Waals surface area contributed by atoms with Crippen LogP contribution in [0.1, 0.15) is 32.0 Å². The molecule has 0 aliphatic carbocycles. The SMILES string of the molecule is CC(C)(C)c1cn2ccnc2c(NCc2cccnc2)n1. The van der Waals surface area contributed by atoms with Gasteiger partial charge in [-0.15, -0.1) is 0 Å². The van der Waals surface area contributed by atoms with E-state index in [0.29, 0.717) is 6.54 Å². The minimum atomic E-state index is -0.0107. The van der Waals surface area contributed by atoms with Crippen LogP contribution in [0.4, 0.5) is 5.82 Å². The zero-order chi connectivity index (χ0) is 14.9. The number of imidazole rings is 1. The van der Waals surface area contributed by atoms with Crippen molar-refractivity contribution in [1.82, 2.24) is 19.4 Å². The Morgan fingerprint density at radius 3 is 2.81 bits per heavy atom. The van der Waals surface area contributed by atoms with Gasteiger partial charge in [-0.3, -0.25) is 4.98 Å². The zero-order valence-corrected chi connectivity index (χ0v) is 12.5. The number of aromatic nitrogens is 4. The highest BCUT2D eigenvalue weighted by atomic mass is 15.1. The fourth-order valence-electron chi connectivity index (χ4n) is 2.10. The van der Waals surface area contributed by atoms with Crippen molar-refractivity contribution in [2.45, 2.75) is 32.7 Å². The molecule has 0 atom stereocenters. The van der Waals surface area contributed by atoms with Crippen LogP contribution in [0.5, 0.6) is 0 Å². The lowest BCUT2D eigenvalue weighted by atomic mass is 9.93. The third-order valence-electron chi connectivity index (χ3n) is 3.33. The van der Waals surface area contributed by atoms with Crippen molar-refractivity contribution in [2.75, 3.05) is 5.32 Å². The van der Waals surface area contributed by atoms with Crippen molar-refractivity contribution in [3.05, 3.63) is 54.4 Å². The van der Waals surface area contributed by atoms with Gasteiger partial charge in [0.1, 0.15) is 0 Å². The molecule has 0 radical (unpaired) electrons. The van der Waals surface area contributed by atoms with Gasteiger partial charge in [0, 0.05) is 42.9 Å². The summed E-state index contributed by atoms with van der Waals surface area (Å²) in [5.41, 5.74) is 2.97. The van der Waals surface area contributed by atoms with Gasteiger partial charge in [-0.25, -0.2) is 9.97 Å². The molecule has 0 amide bonds. The second-order valence-corrected chi connectivity index (χ2v) is 6.10. The number of nitrogens with zero attached hydrogens (tertiary/aromatic N) is 4. The molecule has 108 valence electrons. The van der Waals surface area contributed by atoms with E-state index in [9.17, 15) is 0 Å². The minimum absolute atomic E-state index is 0.0107. The summed E-state index contributed by atoms with van der Waals surface area (Å²) in [6, 6.07) is 3.97. The predicted octanol–water partition coefficient (Wildman–Crippen LogP) is 3.03. The van der Waals surface area contributed by atoms with Crippen LogP contribution in [0.2, 0.25) is 0 Å². The Labute approximate surface area is 124 Å². The van der Waals surface area contributed by atoms with Crippen molar-refractivity contribution >= 4 is 11.5 Å². The van der Waals surface area contributed by atoms with Gasteiger partial charge in [0.2, 0.25) is 0 Å². The third-order valence-corrected chi connectivity index (χ3v) is 3.33. The molecule has 0 spiro atoms. The Morgan fingerprint density at radius 1 is 1.24 bits per heavy atom. The average Bonchev–Trinajstić information content (AvgIpc) is 2.93. The van der Waals surface area contributed by atoms with Crippen LogP contribution in [0.3, 0.4) is 0 Å². The molecule has 21 heavy (non-hydrogen) atoms. The molecule has 0 saturated heterocycles. The first-order valence-corrected chi connectivity index (χ1v) is 7.01. The first-order valence-electron chi connectivity index (χ1n) is 7.01. The molecule has 0 unspecified atom stereocenters. The van der Waals surface area contributed by atoms with E-state index in [2.05, 4.69) is 36.1 Å². The molecule has 0 aliphatic rings. The first-order chi connectivity index (χ1) is 10.0. The maximum absolute atomic E-state index is 4.74. The highest BCUT2D eigenvalue weighted by Gasteiger charge is 2.18. The summed E-state index contributed by atoms with van der Waals surface area (Å²) >= 11 is 0. The van der Waals surface area contributed by atoms with Crippen LogP contribution in [-0.2, 0) is 12.0 Å². The Bertz CT molecular complexity index is 740. The number of pyridine rings is 1. The summed E-state index contributed by atoms with van der Waals surface area (Å²) in [4.78, 5) is 13.2. The summed E-state index contributed by atoms with van der Waals surface area (Å²) in [6.45, 7) is 7.14. The van der Waals surface area contributed by atoms with E-state index >= 15 is 0 Å². The van der Waals surface area contributed by atoms with E-state index in [1.165, 1.54) is 0 Å². The van der Waals surface area contributed by atoms with E-state index in [1.807, 2.05) is 35.1 Å². The third kappa shape index (κ3) is 2.86. The summed E-state index contributed by atoms with van der Waals surface area (Å²) in [5, 5.41) is 3.37. The van der Waals surface area contributed by atoms with Gasteiger partial charge in [0.15, 0.2) is 11.5 Å². The van der Waals surface area contributed by atoms with Crippen molar-refractivity contribution in [3.8, 4) is 0 Å². The lowest BCUT2D eigenvalue weighted by Gasteiger charge is -2.19. The molecule has 5 nitrogen and oxygen atoms in total. The Morgan fingerprint density at radius 2 is 2.10 bits per heavy atom. The van der Waals surface area contributed by atoms with Crippen molar-refractivity contribution in [1.29, 1.82) is 0 Å². The number of rotatable bonds is 3. The van der Waals surface area contributed by atoms with Crippen molar-refractivity contribution < 1.29 is 0 Å². The van der Waals surface area contributed by atoms with Gasteiger partial charge in [0.05, 0.1) is 5.69 Å². The zero-order valence-electron chi connectivity index (χ0n) is 12.5. The fourth-order valence-corrected chi connectivity index (χ4v) is 2.10. The molecule has 3 aromatic rings. The van der Waals surface area contributed by atoms with Crippen LogP contribution in [0.15, 0.2) is 43.1 Å². The van der Waals surface area contributed by atoms with E-state index in [1.54, 1.807) is 12.4 Å². The summed E-state index contributed by atoms with van der Waals surface area (Å²) in [7, 11) is 0. The van der Waals surface area contributed by atoms with Gasteiger partial charge in [-0.05, 0) is 11.6 Å². The number of hydrogen-bond donors (Lipinski definition) is 1. The van der Waals surface area contributed by atoms with Crippen molar-refractivity contribution in [3.63, 3.8) is 0 Å². The fraction of sp³-hybridized carbons (Fsp3) is 0.312. The quantitative estimate of drug-likeness (QED) is 0.801. The summed E-state index contributed by atoms with van der Waals surface area (Å²) < 4.78 is 2.01. The normalized spacial score (nSPS) is 11.8. The molecular formula is C16H19N5. The number of nitrogens with one attached hydrogen (secondary N) is 1. The summed E-state index contributed by atoms with van der Waals surface area (Å²) in [5.74, 6) is 0.802. The van der Waals surface area contributed by atoms with Crippen LogP contribution in [-0.4, -0.2) is 19.4 Å². The maximum Gasteiger partial charge on any atom is 0.180 e. The topological polar surface area (TPSA) is 55.1 Å². The van der Waals surface area contributed by atoms with E-state index in [4.69, 9.17) is 4.98 Å². The lowest BCUT2D eigenvalue weighted by Crippen LogP contribution is -2.16. The number of anilines is 1. The first kappa shape index (κ1) is 13.5. The molecule has 3 heterocycles. The smallest absolute Gasteiger partial charge is 0.180 e. The minimum Gasteiger partial charge on any atom is -0.363 e. The van der Waals surface area contributed by atoms with Crippen LogP contribution in [0.25, 0.3) is 5.65 Å². The highest BCUT2D eigenvalue weighted by Crippen LogP contribution is 2.23. The second kappa shape index (κ2) is 5.16. The van der Waals surface area contributed by atoms with Gasteiger partial charge < -0.3 is 9.72 Å². The molecule has 0 saturated carbocycles. The Kier molecular flexibility index (Phi) is 3.33. The number of fused-ring (bicyclic) bond motifs is 1.